The number of alkyl halides is 6. The van der Waals surface area contributed by atoms with E-state index >= 15 is 0 Å². The molecule has 0 unspecified atom stereocenters. The van der Waals surface area contributed by atoms with Crippen LogP contribution in [0.5, 0.6) is 0 Å². The van der Waals surface area contributed by atoms with E-state index in [9.17, 15) is 35.9 Å². The predicted molar refractivity (Wildman–Crippen MR) is 231 cm³/mol. The minimum atomic E-state index is -4.55. The Bertz CT molecular complexity index is 2240. The van der Waals surface area contributed by atoms with E-state index in [0.29, 0.717) is 0 Å². The highest BCUT2D eigenvalue weighted by Crippen LogP contribution is 2.55. The van der Waals surface area contributed by atoms with Gasteiger partial charge >= 0.3 is 12.4 Å². The summed E-state index contributed by atoms with van der Waals surface area (Å²) in [6.07, 6.45) is -9.15. The summed E-state index contributed by atoms with van der Waals surface area (Å²) >= 11 is 0. The number of hydrogen-bond acceptors (Lipinski definition) is 2. The normalized spacial score (nSPS) is 12.9. The zero-order valence-electron chi connectivity index (χ0n) is 32.0. The molecule has 7 aromatic carbocycles. The molecule has 0 heterocycles. The van der Waals surface area contributed by atoms with Crippen molar-refractivity contribution in [3.63, 3.8) is 0 Å². The molecular formula is C50H38F6O2P2. The number of rotatable bonds is 14. The average Bonchev–Trinajstić information content (AvgIpc) is 3.27. The maximum absolute atomic E-state index is 14.3. The highest BCUT2D eigenvalue weighted by Gasteiger charge is 2.35. The van der Waals surface area contributed by atoms with Gasteiger partial charge in [-0.15, -0.1) is 0 Å². The lowest BCUT2D eigenvalue weighted by molar-refractivity contribution is -0.138. The van der Waals surface area contributed by atoms with Gasteiger partial charge in [-0.2, -0.15) is 26.3 Å². The van der Waals surface area contributed by atoms with Gasteiger partial charge in [0.05, 0.1) is 11.1 Å². The van der Waals surface area contributed by atoms with Crippen molar-refractivity contribution in [2.45, 2.75) is 36.5 Å². The summed E-state index contributed by atoms with van der Waals surface area (Å²) < 4.78 is 81.0. The van der Waals surface area contributed by atoms with Crippen molar-refractivity contribution < 1.29 is 35.9 Å². The summed E-state index contributed by atoms with van der Waals surface area (Å²) in [7, 11) is -2.59. The van der Waals surface area contributed by atoms with Gasteiger partial charge in [0.2, 0.25) is 0 Å². The summed E-state index contributed by atoms with van der Waals surface area (Å²) in [5.74, 6) is -0.633. The third-order valence-corrected chi connectivity index (χ3v) is 15.9. The van der Waals surface area contributed by atoms with Gasteiger partial charge in [-0.25, -0.2) is 0 Å². The maximum atomic E-state index is 14.3. The van der Waals surface area contributed by atoms with Crippen molar-refractivity contribution in [3.05, 3.63) is 228 Å². The molecular weight excluding hydrogens is 808 g/mol. The summed E-state index contributed by atoms with van der Waals surface area (Å²) in [6, 6.07) is 55.8. The predicted octanol–water partition coefficient (Wildman–Crippen LogP) is 12.6. The fraction of sp³-hybridized carbons (Fsp3) is 0.120. The fourth-order valence-electron chi connectivity index (χ4n) is 7.34. The molecule has 0 aliphatic heterocycles. The number of carbonyl (C=O) groups is 2. The van der Waals surface area contributed by atoms with Crippen molar-refractivity contribution in [1.82, 2.24) is 0 Å². The van der Waals surface area contributed by atoms with E-state index in [4.69, 9.17) is 0 Å². The van der Waals surface area contributed by atoms with Crippen LogP contribution in [0.2, 0.25) is 0 Å². The Balaban J connectivity index is 1.37. The lowest BCUT2D eigenvalue weighted by Crippen LogP contribution is -2.21. The molecule has 60 heavy (non-hydrogen) atoms. The van der Waals surface area contributed by atoms with Crippen molar-refractivity contribution in [2.24, 2.45) is 0 Å². The number of carbonyl (C=O) groups excluding carboxylic acids is 2. The van der Waals surface area contributed by atoms with E-state index in [-0.39, 0.29) is 35.5 Å². The van der Waals surface area contributed by atoms with Crippen molar-refractivity contribution in [2.75, 3.05) is 0 Å². The van der Waals surface area contributed by atoms with Crippen LogP contribution in [0.3, 0.4) is 0 Å². The summed E-state index contributed by atoms with van der Waals surface area (Å²) in [5, 5.41) is 4.00. The minimum Gasteiger partial charge on any atom is -0.294 e. The molecule has 7 aromatic rings. The van der Waals surface area contributed by atoms with Crippen LogP contribution in [0.4, 0.5) is 26.3 Å². The smallest absolute Gasteiger partial charge is 0.294 e. The van der Waals surface area contributed by atoms with Crippen molar-refractivity contribution >= 4 is 48.6 Å². The molecule has 0 aliphatic rings. The van der Waals surface area contributed by atoms with Crippen LogP contribution >= 0.6 is 15.8 Å². The highest BCUT2D eigenvalue weighted by molar-refractivity contribution is 7.73. The molecule has 0 radical (unpaired) electrons. The highest BCUT2D eigenvalue weighted by atomic mass is 31.1. The number of halogens is 6. The van der Waals surface area contributed by atoms with Crippen molar-refractivity contribution in [1.29, 1.82) is 0 Å². The summed E-state index contributed by atoms with van der Waals surface area (Å²) in [4.78, 5) is 28.5. The number of benzene rings is 7. The van der Waals surface area contributed by atoms with Gasteiger partial charge in [-0.05, 0) is 72.5 Å². The van der Waals surface area contributed by atoms with Gasteiger partial charge < -0.3 is 0 Å². The molecule has 0 aliphatic carbocycles. The Kier molecular flexibility index (Phi) is 13.2. The summed E-state index contributed by atoms with van der Waals surface area (Å²) in [6.45, 7) is 0. The van der Waals surface area contributed by atoms with Gasteiger partial charge in [0.25, 0.3) is 0 Å². The van der Waals surface area contributed by atoms with E-state index < -0.39 is 50.6 Å². The van der Waals surface area contributed by atoms with E-state index in [2.05, 4.69) is 0 Å². The first kappa shape index (κ1) is 42.4. The zero-order valence-corrected chi connectivity index (χ0v) is 33.8. The third-order valence-electron chi connectivity index (χ3n) is 10.3. The van der Waals surface area contributed by atoms with E-state index in [1.165, 1.54) is 24.3 Å². The number of ketones is 2. The largest absolute Gasteiger partial charge is 0.416 e. The molecule has 0 saturated heterocycles. The first-order chi connectivity index (χ1) is 28.9. The van der Waals surface area contributed by atoms with E-state index in [1.807, 2.05) is 146 Å². The quantitative estimate of drug-likeness (QED) is 0.0621. The molecule has 0 amide bonds. The average molecular weight is 847 g/mol. The molecule has 0 aromatic heterocycles. The maximum Gasteiger partial charge on any atom is 0.416 e. The molecule has 0 fully saturated rings. The molecule has 2 atom stereocenters. The van der Waals surface area contributed by atoms with Crippen LogP contribution in [0.25, 0.3) is 0 Å². The second-order valence-electron chi connectivity index (χ2n) is 14.2. The molecule has 302 valence electrons. The Morgan fingerprint density at radius 3 is 0.933 bits per heavy atom. The first-order valence-electron chi connectivity index (χ1n) is 19.2. The van der Waals surface area contributed by atoms with Gasteiger partial charge in [-0.1, -0.05) is 170 Å². The van der Waals surface area contributed by atoms with Crippen LogP contribution in [0.15, 0.2) is 194 Å². The molecule has 0 N–H and O–H groups in total. The second-order valence-corrected chi connectivity index (χ2v) is 19.0. The van der Waals surface area contributed by atoms with Gasteiger partial charge in [0.1, 0.15) is 0 Å². The Morgan fingerprint density at radius 2 is 0.667 bits per heavy atom. The topological polar surface area (TPSA) is 34.1 Å². The summed E-state index contributed by atoms with van der Waals surface area (Å²) in [5.41, 5.74) is -0.636. The van der Waals surface area contributed by atoms with Crippen LogP contribution in [0, 0.1) is 0 Å². The minimum absolute atomic E-state index is 0.0222. The van der Waals surface area contributed by atoms with Crippen LogP contribution < -0.4 is 21.2 Å². The molecule has 2 nitrogen and oxygen atoms in total. The molecule has 0 saturated carbocycles. The van der Waals surface area contributed by atoms with Crippen LogP contribution in [-0.4, -0.2) is 11.6 Å². The molecule has 0 bridgehead atoms. The van der Waals surface area contributed by atoms with Gasteiger partial charge in [-0.3, -0.25) is 9.59 Å². The van der Waals surface area contributed by atoms with Crippen molar-refractivity contribution in [3.8, 4) is 0 Å². The zero-order chi connectivity index (χ0) is 42.3. The Labute approximate surface area is 347 Å². The lowest BCUT2D eigenvalue weighted by Gasteiger charge is -2.32. The monoisotopic (exact) mass is 846 g/mol. The van der Waals surface area contributed by atoms with E-state index in [1.54, 1.807) is 0 Å². The second kappa shape index (κ2) is 18.7. The Hall–Kier alpha value is -5.68. The van der Waals surface area contributed by atoms with E-state index in [0.717, 1.165) is 56.6 Å². The van der Waals surface area contributed by atoms with Gasteiger partial charge in [0.15, 0.2) is 11.6 Å². The fourth-order valence-corrected chi connectivity index (χ4v) is 13.0. The lowest BCUT2D eigenvalue weighted by atomic mass is 9.97. The Morgan fingerprint density at radius 1 is 0.383 bits per heavy atom. The van der Waals surface area contributed by atoms with Gasteiger partial charge in [0, 0.05) is 35.3 Å². The molecule has 0 spiro atoms. The SMILES string of the molecule is O=C(C[C@@H](c1cccc([C@H](CC(=O)c2ccc(C(F)(F)F)cc2)P(c2ccccc2)c2ccccc2)c1)P(c1ccccc1)c1ccccc1)c1ccc(C(F)(F)F)cc1. The number of Topliss-reactive ketones (excluding diaryl/α,β-unsaturated/α-hetero) is 2. The molecule has 7 rings (SSSR count). The van der Waals surface area contributed by atoms with Crippen LogP contribution in [-0.2, 0) is 12.4 Å². The van der Waals surface area contributed by atoms with Crippen LogP contribution in [0.1, 0.15) is 67.1 Å². The standard InChI is InChI=1S/C50H38F6O2P2/c51-49(52,53)39-28-24-35(25-29-39)45(57)33-47(59(41-16-5-1-6-17-41)42-18-7-2-8-19-42)37-14-13-15-38(32-37)48(34-46(58)36-26-30-40(31-27-36)50(54,55)56)60(43-20-9-3-10-21-43)44-22-11-4-12-23-44/h1-32,47-48H,33-34H2/t47-,48-/m0/s1. The third kappa shape index (κ3) is 10.2. The first-order valence-corrected chi connectivity index (χ1v) is 22.0. The number of hydrogen-bond donors (Lipinski definition) is 0. The molecule has 10 heteroatoms.